The minimum Gasteiger partial charge on any atom is -0.481 e. The van der Waals surface area contributed by atoms with Crippen LogP contribution in [-0.4, -0.2) is 16.9 Å². The van der Waals surface area contributed by atoms with Crippen LogP contribution in [-0.2, 0) is 4.79 Å². The quantitative estimate of drug-likeness (QED) is 0.797. The molecule has 1 atom stereocenters. The number of hydrogen-bond donors (Lipinski definition) is 1. The van der Waals surface area contributed by atoms with Gasteiger partial charge in [-0.25, -0.2) is 0 Å². The topological polar surface area (TPSA) is 54.4 Å². The second kappa shape index (κ2) is 5.62. The number of benzene rings is 1. The highest BCUT2D eigenvalue weighted by Crippen LogP contribution is 2.19. The van der Waals surface area contributed by atoms with Crippen molar-refractivity contribution in [3.05, 3.63) is 34.9 Å². The van der Waals surface area contributed by atoms with E-state index in [2.05, 4.69) is 0 Å². The minimum absolute atomic E-state index is 0.0364. The lowest BCUT2D eigenvalue weighted by atomic mass is 9.92. The van der Waals surface area contributed by atoms with Crippen molar-refractivity contribution >= 4 is 11.8 Å². The normalized spacial score (nSPS) is 12.2. The Morgan fingerprint density at radius 1 is 1.18 bits per heavy atom. The number of hydrogen-bond acceptors (Lipinski definition) is 2. The first-order valence-corrected chi connectivity index (χ1v) is 5.73. The summed E-state index contributed by atoms with van der Waals surface area (Å²) in [5.74, 6) is -0.944. The molecule has 0 aromatic heterocycles. The zero-order valence-electron chi connectivity index (χ0n) is 10.5. The third-order valence-corrected chi connectivity index (χ3v) is 2.82. The van der Waals surface area contributed by atoms with Gasteiger partial charge in [-0.15, -0.1) is 0 Å². The van der Waals surface area contributed by atoms with Crippen molar-refractivity contribution in [1.82, 2.24) is 0 Å². The summed E-state index contributed by atoms with van der Waals surface area (Å²) in [7, 11) is 0. The molecule has 0 heterocycles. The third-order valence-electron chi connectivity index (χ3n) is 2.82. The molecule has 92 valence electrons. The van der Waals surface area contributed by atoms with Crippen LogP contribution in [0.2, 0.25) is 0 Å². The molecule has 1 aromatic rings. The number of Topliss-reactive ketones (excluding diaryl/α,β-unsaturated/α-hetero) is 1. The molecule has 1 N–H and O–H groups in total. The van der Waals surface area contributed by atoms with Gasteiger partial charge in [-0.1, -0.05) is 25.1 Å². The Morgan fingerprint density at radius 3 is 2.18 bits per heavy atom. The standard InChI is InChI=1S/C14H18O3/c1-9(8-13(16)17)7-12(15)14-10(2)5-4-6-11(14)3/h4-6,9H,7-8H2,1-3H3,(H,16,17)/t9-/m1/s1. The lowest BCUT2D eigenvalue weighted by Crippen LogP contribution is -2.12. The Bertz CT molecular complexity index is 415. The van der Waals surface area contributed by atoms with E-state index in [1.54, 1.807) is 6.92 Å². The fourth-order valence-corrected chi connectivity index (χ4v) is 2.04. The van der Waals surface area contributed by atoms with Crippen LogP contribution in [0.5, 0.6) is 0 Å². The van der Waals surface area contributed by atoms with E-state index >= 15 is 0 Å². The van der Waals surface area contributed by atoms with Crippen LogP contribution in [0.25, 0.3) is 0 Å². The van der Waals surface area contributed by atoms with Crippen LogP contribution >= 0.6 is 0 Å². The second-order valence-corrected chi connectivity index (χ2v) is 4.60. The molecule has 17 heavy (non-hydrogen) atoms. The maximum Gasteiger partial charge on any atom is 0.303 e. The van der Waals surface area contributed by atoms with Crippen LogP contribution < -0.4 is 0 Å². The highest BCUT2D eigenvalue weighted by Gasteiger charge is 2.16. The summed E-state index contributed by atoms with van der Waals surface area (Å²) in [6.07, 6.45) is 0.328. The number of aliphatic carboxylic acids is 1. The Balaban J connectivity index is 2.80. The number of carbonyl (C=O) groups excluding carboxylic acids is 1. The van der Waals surface area contributed by atoms with Gasteiger partial charge in [-0.3, -0.25) is 9.59 Å². The molecule has 0 aliphatic carbocycles. The molecule has 0 spiro atoms. The number of ketones is 1. The highest BCUT2D eigenvalue weighted by atomic mass is 16.4. The summed E-state index contributed by atoms with van der Waals surface area (Å²) in [5.41, 5.74) is 2.65. The molecule has 0 aliphatic rings. The van der Waals surface area contributed by atoms with Gasteiger partial charge in [0.05, 0.1) is 0 Å². The fraction of sp³-hybridized carbons (Fsp3) is 0.429. The zero-order chi connectivity index (χ0) is 13.0. The van der Waals surface area contributed by atoms with Gasteiger partial charge in [0.25, 0.3) is 0 Å². The van der Waals surface area contributed by atoms with Crippen LogP contribution in [0, 0.1) is 19.8 Å². The van der Waals surface area contributed by atoms with Crippen molar-refractivity contribution in [3.63, 3.8) is 0 Å². The zero-order valence-corrected chi connectivity index (χ0v) is 10.5. The fourth-order valence-electron chi connectivity index (χ4n) is 2.04. The van der Waals surface area contributed by atoms with Gasteiger partial charge >= 0.3 is 5.97 Å². The van der Waals surface area contributed by atoms with Gasteiger partial charge in [-0.2, -0.15) is 0 Å². The van der Waals surface area contributed by atoms with E-state index in [1.807, 2.05) is 32.0 Å². The summed E-state index contributed by atoms with van der Waals surface area (Å²) in [6.45, 7) is 5.60. The predicted molar refractivity (Wildman–Crippen MR) is 66.3 cm³/mol. The van der Waals surface area contributed by atoms with Crippen LogP contribution in [0.1, 0.15) is 41.3 Å². The SMILES string of the molecule is Cc1cccc(C)c1C(=O)C[C@@H](C)CC(=O)O. The summed E-state index contributed by atoms with van der Waals surface area (Å²) >= 11 is 0. The first kappa shape index (κ1) is 13.4. The molecule has 0 radical (unpaired) electrons. The van der Waals surface area contributed by atoms with E-state index < -0.39 is 5.97 Å². The van der Waals surface area contributed by atoms with E-state index in [9.17, 15) is 9.59 Å². The number of aryl methyl sites for hydroxylation is 2. The molecule has 0 fully saturated rings. The Kier molecular flexibility index (Phi) is 4.44. The van der Waals surface area contributed by atoms with E-state index in [4.69, 9.17) is 5.11 Å². The Labute approximate surface area is 101 Å². The van der Waals surface area contributed by atoms with Crippen molar-refractivity contribution in [2.24, 2.45) is 5.92 Å². The lowest BCUT2D eigenvalue weighted by Gasteiger charge is -2.11. The molecule has 0 aliphatic heterocycles. The summed E-state index contributed by atoms with van der Waals surface area (Å²) in [5, 5.41) is 8.67. The van der Waals surface area contributed by atoms with Gasteiger partial charge in [0.15, 0.2) is 5.78 Å². The average Bonchev–Trinajstić information content (AvgIpc) is 2.15. The molecule has 0 saturated heterocycles. The van der Waals surface area contributed by atoms with Crippen LogP contribution in [0.4, 0.5) is 0 Å². The van der Waals surface area contributed by atoms with Gasteiger partial charge in [0.2, 0.25) is 0 Å². The molecule has 1 aromatic carbocycles. The highest BCUT2D eigenvalue weighted by molar-refractivity contribution is 5.99. The smallest absolute Gasteiger partial charge is 0.303 e. The molecule has 0 bridgehead atoms. The maximum absolute atomic E-state index is 12.1. The predicted octanol–water partition coefficient (Wildman–Crippen LogP) is 2.99. The number of carbonyl (C=O) groups is 2. The van der Waals surface area contributed by atoms with E-state index in [0.29, 0.717) is 0 Å². The maximum atomic E-state index is 12.1. The van der Waals surface area contributed by atoms with Crippen molar-refractivity contribution in [2.45, 2.75) is 33.6 Å². The van der Waals surface area contributed by atoms with Crippen molar-refractivity contribution in [3.8, 4) is 0 Å². The average molecular weight is 234 g/mol. The monoisotopic (exact) mass is 234 g/mol. The largest absolute Gasteiger partial charge is 0.481 e. The number of rotatable bonds is 5. The van der Waals surface area contributed by atoms with Crippen molar-refractivity contribution in [2.75, 3.05) is 0 Å². The van der Waals surface area contributed by atoms with E-state index in [1.165, 1.54) is 0 Å². The molecule has 1 rings (SSSR count). The van der Waals surface area contributed by atoms with Gasteiger partial charge < -0.3 is 5.11 Å². The molecule has 0 saturated carbocycles. The number of carboxylic acids is 1. The number of carboxylic acid groups (broad SMARTS) is 1. The molecular weight excluding hydrogens is 216 g/mol. The summed E-state index contributed by atoms with van der Waals surface area (Å²) in [4.78, 5) is 22.6. The molecule has 0 amide bonds. The van der Waals surface area contributed by atoms with E-state index in [-0.39, 0.29) is 24.5 Å². The summed E-state index contributed by atoms with van der Waals surface area (Å²) < 4.78 is 0. The lowest BCUT2D eigenvalue weighted by molar-refractivity contribution is -0.137. The van der Waals surface area contributed by atoms with Crippen LogP contribution in [0.3, 0.4) is 0 Å². The second-order valence-electron chi connectivity index (χ2n) is 4.60. The minimum atomic E-state index is -0.855. The summed E-state index contributed by atoms with van der Waals surface area (Å²) in [6, 6.07) is 5.73. The van der Waals surface area contributed by atoms with Crippen LogP contribution in [0.15, 0.2) is 18.2 Å². The Morgan fingerprint density at radius 2 is 1.71 bits per heavy atom. The van der Waals surface area contributed by atoms with Gasteiger partial charge in [0.1, 0.15) is 0 Å². The molecule has 0 unspecified atom stereocenters. The van der Waals surface area contributed by atoms with Gasteiger partial charge in [-0.05, 0) is 30.9 Å². The van der Waals surface area contributed by atoms with Gasteiger partial charge in [0, 0.05) is 18.4 Å². The van der Waals surface area contributed by atoms with Crippen molar-refractivity contribution < 1.29 is 14.7 Å². The van der Waals surface area contributed by atoms with E-state index in [0.717, 1.165) is 16.7 Å². The van der Waals surface area contributed by atoms with Crippen molar-refractivity contribution in [1.29, 1.82) is 0 Å². The Hall–Kier alpha value is -1.64. The first-order valence-electron chi connectivity index (χ1n) is 5.73. The third kappa shape index (κ3) is 3.70. The molecule has 3 heteroatoms. The molecule has 3 nitrogen and oxygen atoms in total. The molecular formula is C14H18O3. The first-order chi connectivity index (χ1) is 7.91.